The van der Waals surface area contributed by atoms with Gasteiger partial charge in [0.25, 0.3) is 0 Å². The van der Waals surface area contributed by atoms with E-state index in [9.17, 15) is 4.79 Å². The van der Waals surface area contributed by atoms with Crippen LogP contribution in [0, 0.1) is 0 Å². The number of aliphatic hydroxyl groups excluding tert-OH is 1. The number of aromatic nitrogens is 1. The Morgan fingerprint density at radius 3 is 2.84 bits per heavy atom. The number of fused-ring (bicyclic) bond motifs is 1. The van der Waals surface area contributed by atoms with E-state index >= 15 is 0 Å². The van der Waals surface area contributed by atoms with Crippen LogP contribution in [-0.2, 0) is 6.54 Å². The number of hydrogen-bond donors (Lipinski definition) is 4. The Hall–Kier alpha value is -0.920. The van der Waals surface area contributed by atoms with Crippen molar-refractivity contribution >= 4 is 30.8 Å². The van der Waals surface area contributed by atoms with Crippen molar-refractivity contribution in [2.45, 2.75) is 12.6 Å². The molecule has 0 aromatic carbocycles. The molecule has 1 unspecified atom stereocenters. The first-order valence-electron chi connectivity index (χ1n) is 5.50. The molecule has 1 aromatic rings. The van der Waals surface area contributed by atoms with E-state index in [-0.39, 0.29) is 43.2 Å². The Labute approximate surface area is 123 Å². The quantitative estimate of drug-likeness (QED) is 0.641. The summed E-state index contributed by atoms with van der Waals surface area (Å²) in [6.07, 6.45) is 0. The van der Waals surface area contributed by atoms with Gasteiger partial charge in [-0.1, -0.05) is 6.07 Å². The number of rotatable bonds is 4. The molecule has 8 heteroatoms. The standard InChI is InChI=1S/C11H15N3O3.2ClH/c15-4-3-13-9-6-12-5-7-1-2-8(11(16)17)14-10(7)9;;/h1-2,9,12-13,15H,3-6H2,(H,16,17);2*1H. The lowest BCUT2D eigenvalue weighted by Gasteiger charge is -2.26. The van der Waals surface area contributed by atoms with Crippen LogP contribution in [-0.4, -0.2) is 40.9 Å². The first-order valence-corrected chi connectivity index (χ1v) is 5.50. The zero-order valence-electron chi connectivity index (χ0n) is 10.1. The largest absolute Gasteiger partial charge is 0.477 e. The fourth-order valence-corrected chi connectivity index (χ4v) is 1.93. The van der Waals surface area contributed by atoms with Crippen LogP contribution in [0.2, 0.25) is 0 Å². The number of hydrogen-bond acceptors (Lipinski definition) is 5. The summed E-state index contributed by atoms with van der Waals surface area (Å²) < 4.78 is 0. The normalized spacial score (nSPS) is 16.8. The molecule has 0 aliphatic carbocycles. The van der Waals surface area contributed by atoms with Gasteiger partial charge in [-0.3, -0.25) is 0 Å². The lowest BCUT2D eigenvalue weighted by molar-refractivity contribution is 0.0690. The minimum absolute atomic E-state index is 0. The van der Waals surface area contributed by atoms with E-state index < -0.39 is 5.97 Å². The summed E-state index contributed by atoms with van der Waals surface area (Å²) >= 11 is 0. The highest BCUT2D eigenvalue weighted by Gasteiger charge is 2.22. The molecular formula is C11H17Cl2N3O3. The number of aromatic carboxylic acids is 1. The third kappa shape index (κ3) is 4.29. The lowest BCUT2D eigenvalue weighted by Crippen LogP contribution is -2.38. The van der Waals surface area contributed by atoms with Crippen molar-refractivity contribution < 1.29 is 15.0 Å². The van der Waals surface area contributed by atoms with Gasteiger partial charge in [-0.05, 0) is 11.6 Å². The molecule has 0 fully saturated rings. The number of nitrogens with one attached hydrogen (secondary N) is 2. The number of carboxylic acids is 1. The fourth-order valence-electron chi connectivity index (χ4n) is 1.93. The Bertz CT molecular complexity index is 432. The SMILES string of the molecule is Cl.Cl.O=C(O)c1ccc2c(n1)C(NCCO)CNC2. The number of nitrogens with zero attached hydrogens (tertiary/aromatic N) is 1. The first kappa shape index (κ1) is 18.1. The second kappa shape index (κ2) is 8.29. The zero-order chi connectivity index (χ0) is 12.3. The van der Waals surface area contributed by atoms with Crippen molar-refractivity contribution in [2.75, 3.05) is 19.7 Å². The third-order valence-corrected chi connectivity index (χ3v) is 2.73. The summed E-state index contributed by atoms with van der Waals surface area (Å²) in [4.78, 5) is 15.0. The Kier molecular flexibility index (Phi) is 7.89. The van der Waals surface area contributed by atoms with E-state index in [1.54, 1.807) is 6.07 Å². The summed E-state index contributed by atoms with van der Waals surface area (Å²) in [5.74, 6) is -1.02. The van der Waals surface area contributed by atoms with Crippen LogP contribution in [0.3, 0.4) is 0 Å². The van der Waals surface area contributed by atoms with Crippen LogP contribution in [0.5, 0.6) is 0 Å². The third-order valence-electron chi connectivity index (χ3n) is 2.73. The van der Waals surface area contributed by atoms with Gasteiger partial charge in [0.2, 0.25) is 0 Å². The summed E-state index contributed by atoms with van der Waals surface area (Å²) in [5.41, 5.74) is 1.82. The molecule has 1 aliphatic heterocycles. The average Bonchev–Trinajstić information content (AvgIpc) is 2.35. The Morgan fingerprint density at radius 1 is 1.47 bits per heavy atom. The van der Waals surface area contributed by atoms with E-state index in [1.807, 2.05) is 0 Å². The Balaban J connectivity index is 0.00000162. The van der Waals surface area contributed by atoms with E-state index in [1.165, 1.54) is 6.07 Å². The molecule has 4 N–H and O–H groups in total. The highest BCUT2D eigenvalue weighted by molar-refractivity contribution is 5.86. The molecule has 0 spiro atoms. The maximum atomic E-state index is 10.9. The highest BCUT2D eigenvalue weighted by atomic mass is 35.5. The van der Waals surface area contributed by atoms with Crippen LogP contribution in [0.25, 0.3) is 0 Å². The molecule has 0 amide bonds. The van der Waals surface area contributed by atoms with Crippen LogP contribution in [0.4, 0.5) is 0 Å². The van der Waals surface area contributed by atoms with E-state index in [0.29, 0.717) is 19.6 Å². The molecule has 0 bridgehead atoms. The predicted molar refractivity (Wildman–Crippen MR) is 75.2 cm³/mol. The van der Waals surface area contributed by atoms with Crippen molar-refractivity contribution in [1.82, 2.24) is 15.6 Å². The molecule has 0 saturated carbocycles. The zero-order valence-corrected chi connectivity index (χ0v) is 11.8. The molecular weight excluding hydrogens is 293 g/mol. The second-order valence-electron chi connectivity index (χ2n) is 3.91. The van der Waals surface area contributed by atoms with Gasteiger partial charge in [-0.25, -0.2) is 9.78 Å². The Morgan fingerprint density at radius 2 is 2.21 bits per heavy atom. The lowest BCUT2D eigenvalue weighted by atomic mass is 10.0. The minimum atomic E-state index is -1.02. The van der Waals surface area contributed by atoms with Crippen molar-refractivity contribution in [3.63, 3.8) is 0 Å². The molecule has 6 nitrogen and oxygen atoms in total. The van der Waals surface area contributed by atoms with Crippen LogP contribution in [0.15, 0.2) is 12.1 Å². The maximum Gasteiger partial charge on any atom is 0.354 e. The van der Waals surface area contributed by atoms with Gasteiger partial charge in [0.15, 0.2) is 0 Å². The molecule has 1 aromatic heterocycles. The van der Waals surface area contributed by atoms with Gasteiger partial charge in [0, 0.05) is 19.6 Å². The summed E-state index contributed by atoms with van der Waals surface area (Å²) in [5, 5.41) is 24.0. The summed E-state index contributed by atoms with van der Waals surface area (Å²) in [6.45, 7) is 1.89. The molecule has 108 valence electrons. The summed E-state index contributed by atoms with van der Waals surface area (Å²) in [6, 6.07) is 3.24. The van der Waals surface area contributed by atoms with Crippen molar-refractivity contribution in [2.24, 2.45) is 0 Å². The predicted octanol–water partition coefficient (Wildman–Crippen LogP) is 0.350. The van der Waals surface area contributed by atoms with Gasteiger partial charge < -0.3 is 20.8 Å². The molecule has 19 heavy (non-hydrogen) atoms. The van der Waals surface area contributed by atoms with E-state index in [4.69, 9.17) is 10.2 Å². The van der Waals surface area contributed by atoms with Gasteiger partial charge in [0.1, 0.15) is 5.69 Å². The number of carbonyl (C=O) groups is 1. The van der Waals surface area contributed by atoms with Crippen molar-refractivity contribution in [3.05, 3.63) is 29.1 Å². The molecule has 1 aliphatic rings. The number of carboxylic acid groups (broad SMARTS) is 1. The topological polar surface area (TPSA) is 94.5 Å². The van der Waals surface area contributed by atoms with Crippen LogP contribution >= 0.6 is 24.8 Å². The molecule has 0 saturated heterocycles. The highest BCUT2D eigenvalue weighted by Crippen LogP contribution is 2.20. The smallest absolute Gasteiger partial charge is 0.354 e. The number of halogens is 2. The molecule has 0 radical (unpaired) electrons. The molecule has 2 rings (SSSR count). The molecule has 2 heterocycles. The van der Waals surface area contributed by atoms with E-state index in [2.05, 4.69) is 15.6 Å². The minimum Gasteiger partial charge on any atom is -0.477 e. The van der Waals surface area contributed by atoms with Crippen LogP contribution in [0.1, 0.15) is 27.8 Å². The van der Waals surface area contributed by atoms with Gasteiger partial charge in [-0.2, -0.15) is 0 Å². The summed E-state index contributed by atoms with van der Waals surface area (Å²) in [7, 11) is 0. The molecule has 1 atom stereocenters. The van der Waals surface area contributed by atoms with Crippen molar-refractivity contribution in [1.29, 1.82) is 0 Å². The van der Waals surface area contributed by atoms with Gasteiger partial charge in [0.05, 0.1) is 18.3 Å². The fraction of sp³-hybridized carbons (Fsp3) is 0.455. The number of pyridine rings is 1. The maximum absolute atomic E-state index is 10.9. The van der Waals surface area contributed by atoms with Gasteiger partial charge in [-0.15, -0.1) is 24.8 Å². The van der Waals surface area contributed by atoms with Crippen molar-refractivity contribution in [3.8, 4) is 0 Å². The van der Waals surface area contributed by atoms with Gasteiger partial charge >= 0.3 is 5.97 Å². The monoisotopic (exact) mass is 309 g/mol. The number of aliphatic hydroxyl groups is 1. The second-order valence-corrected chi connectivity index (χ2v) is 3.91. The average molecular weight is 310 g/mol. The van der Waals surface area contributed by atoms with E-state index in [0.717, 1.165) is 11.3 Å². The van der Waals surface area contributed by atoms with Crippen LogP contribution < -0.4 is 10.6 Å². The first-order chi connectivity index (χ1) is 8.22.